The molecule has 0 radical (unpaired) electrons. The molecule has 0 saturated carbocycles. The van der Waals surface area contributed by atoms with Gasteiger partial charge in [0.2, 0.25) is 0 Å². The van der Waals surface area contributed by atoms with E-state index in [1.165, 1.54) is 0 Å². The maximum atomic E-state index is 12.7. The van der Waals surface area contributed by atoms with Crippen molar-refractivity contribution in [2.45, 2.75) is 26.7 Å². The van der Waals surface area contributed by atoms with Crippen molar-refractivity contribution in [3.8, 4) is 5.69 Å². The van der Waals surface area contributed by atoms with Gasteiger partial charge in [0.1, 0.15) is 0 Å². The standard InChI is InChI=1S/C17H20N4O3/c1-11-5-3-7-14(9-11)21-12(2)15(18-19-21)16(22)20-8-4-6-13(10-20)17(23)24/h3,5,7,9,13H,4,6,8,10H2,1-2H3,(H,23,24)/t13-/m0/s1. The lowest BCUT2D eigenvalue weighted by atomic mass is 9.98. The SMILES string of the molecule is Cc1cccc(-n2nnc(C(=O)N3CCC[C@H](C(=O)O)C3)c2C)c1. The number of aromatic nitrogens is 3. The van der Waals surface area contributed by atoms with Crippen LogP contribution in [0.1, 0.15) is 34.6 Å². The lowest BCUT2D eigenvalue weighted by molar-refractivity contribution is -0.143. The number of aryl methyl sites for hydroxylation is 1. The van der Waals surface area contributed by atoms with Gasteiger partial charge in [0.25, 0.3) is 5.91 Å². The van der Waals surface area contributed by atoms with Gasteiger partial charge >= 0.3 is 5.97 Å². The second-order valence-electron chi connectivity index (χ2n) is 6.20. The molecule has 2 aromatic rings. The number of aliphatic carboxylic acids is 1. The predicted molar refractivity (Wildman–Crippen MR) is 87.1 cm³/mol. The van der Waals surface area contributed by atoms with Gasteiger partial charge in [-0.15, -0.1) is 5.10 Å². The summed E-state index contributed by atoms with van der Waals surface area (Å²) in [6.45, 7) is 4.57. The number of nitrogens with zero attached hydrogens (tertiary/aromatic N) is 4. The summed E-state index contributed by atoms with van der Waals surface area (Å²) < 4.78 is 1.64. The molecule has 2 heterocycles. The highest BCUT2D eigenvalue weighted by Crippen LogP contribution is 2.20. The van der Waals surface area contributed by atoms with Gasteiger partial charge in [-0.1, -0.05) is 17.3 Å². The molecule has 1 saturated heterocycles. The Morgan fingerprint density at radius 3 is 2.79 bits per heavy atom. The van der Waals surface area contributed by atoms with Crippen molar-refractivity contribution >= 4 is 11.9 Å². The third kappa shape index (κ3) is 3.02. The third-order valence-corrected chi connectivity index (χ3v) is 4.40. The molecule has 1 amide bonds. The molecule has 0 bridgehead atoms. The quantitative estimate of drug-likeness (QED) is 0.928. The molecular weight excluding hydrogens is 308 g/mol. The molecule has 126 valence electrons. The molecule has 1 aromatic heterocycles. The molecule has 1 aliphatic heterocycles. The fraction of sp³-hybridized carbons (Fsp3) is 0.412. The number of amides is 1. The summed E-state index contributed by atoms with van der Waals surface area (Å²) in [7, 11) is 0. The number of carbonyl (C=O) groups excluding carboxylic acids is 1. The Morgan fingerprint density at radius 1 is 1.29 bits per heavy atom. The second kappa shape index (κ2) is 6.43. The first kappa shape index (κ1) is 16.2. The molecule has 1 aliphatic rings. The number of carbonyl (C=O) groups is 2. The van der Waals surface area contributed by atoms with Crippen LogP contribution in [0.2, 0.25) is 0 Å². The molecule has 0 spiro atoms. The molecule has 7 nitrogen and oxygen atoms in total. The van der Waals surface area contributed by atoms with Crippen LogP contribution in [-0.2, 0) is 4.79 Å². The Hall–Kier alpha value is -2.70. The van der Waals surface area contributed by atoms with Crippen molar-refractivity contribution in [3.05, 3.63) is 41.2 Å². The molecule has 7 heteroatoms. The average Bonchev–Trinajstić information content (AvgIpc) is 2.96. The minimum Gasteiger partial charge on any atom is -0.481 e. The van der Waals surface area contributed by atoms with Crippen molar-refractivity contribution < 1.29 is 14.7 Å². The Morgan fingerprint density at radius 2 is 2.08 bits per heavy atom. The Labute approximate surface area is 139 Å². The zero-order valence-electron chi connectivity index (χ0n) is 13.8. The first-order valence-corrected chi connectivity index (χ1v) is 7.99. The number of likely N-dealkylation sites (tertiary alicyclic amines) is 1. The summed E-state index contributed by atoms with van der Waals surface area (Å²) in [6.07, 6.45) is 1.29. The smallest absolute Gasteiger partial charge is 0.308 e. The highest BCUT2D eigenvalue weighted by atomic mass is 16.4. The van der Waals surface area contributed by atoms with Crippen LogP contribution in [0.5, 0.6) is 0 Å². The highest BCUT2D eigenvalue weighted by Gasteiger charge is 2.31. The summed E-state index contributed by atoms with van der Waals surface area (Å²) in [5, 5.41) is 17.3. The van der Waals surface area contributed by atoms with E-state index in [4.69, 9.17) is 0 Å². The Bertz CT molecular complexity index is 784. The van der Waals surface area contributed by atoms with Crippen LogP contribution in [0, 0.1) is 19.8 Å². The molecule has 0 aliphatic carbocycles. The zero-order chi connectivity index (χ0) is 17.3. The molecular formula is C17H20N4O3. The van der Waals surface area contributed by atoms with E-state index in [2.05, 4.69) is 10.3 Å². The van der Waals surface area contributed by atoms with Crippen LogP contribution in [0.4, 0.5) is 0 Å². The zero-order valence-corrected chi connectivity index (χ0v) is 13.8. The molecule has 0 unspecified atom stereocenters. The highest BCUT2D eigenvalue weighted by molar-refractivity contribution is 5.93. The maximum absolute atomic E-state index is 12.7. The Kier molecular flexibility index (Phi) is 4.33. The monoisotopic (exact) mass is 328 g/mol. The largest absolute Gasteiger partial charge is 0.481 e. The van der Waals surface area contributed by atoms with Crippen molar-refractivity contribution in [1.82, 2.24) is 19.9 Å². The first-order valence-electron chi connectivity index (χ1n) is 7.99. The fourth-order valence-corrected chi connectivity index (χ4v) is 3.04. The number of benzene rings is 1. The predicted octanol–water partition coefficient (Wildman–Crippen LogP) is 1.82. The van der Waals surface area contributed by atoms with Crippen molar-refractivity contribution in [2.24, 2.45) is 5.92 Å². The van der Waals surface area contributed by atoms with Crippen LogP contribution in [-0.4, -0.2) is 50.0 Å². The summed E-state index contributed by atoms with van der Waals surface area (Å²) in [5.41, 5.74) is 2.88. The van der Waals surface area contributed by atoms with E-state index < -0.39 is 11.9 Å². The summed E-state index contributed by atoms with van der Waals surface area (Å²) in [4.78, 5) is 25.5. The van der Waals surface area contributed by atoms with E-state index in [1.807, 2.05) is 31.2 Å². The van der Waals surface area contributed by atoms with Gasteiger partial charge < -0.3 is 10.0 Å². The van der Waals surface area contributed by atoms with Crippen molar-refractivity contribution in [3.63, 3.8) is 0 Å². The van der Waals surface area contributed by atoms with Gasteiger partial charge in [-0.2, -0.15) is 0 Å². The molecule has 1 fully saturated rings. The molecule has 3 rings (SSSR count). The van der Waals surface area contributed by atoms with Crippen LogP contribution >= 0.6 is 0 Å². The van der Waals surface area contributed by atoms with Gasteiger partial charge in [0, 0.05) is 13.1 Å². The summed E-state index contributed by atoms with van der Waals surface area (Å²) >= 11 is 0. The lowest BCUT2D eigenvalue weighted by Crippen LogP contribution is -2.42. The van der Waals surface area contributed by atoms with Gasteiger partial charge in [-0.05, 0) is 44.4 Å². The van der Waals surface area contributed by atoms with Crippen LogP contribution in [0.3, 0.4) is 0 Å². The van der Waals surface area contributed by atoms with E-state index in [0.29, 0.717) is 25.1 Å². The average molecular weight is 328 g/mol. The van der Waals surface area contributed by atoms with E-state index >= 15 is 0 Å². The second-order valence-corrected chi connectivity index (χ2v) is 6.20. The van der Waals surface area contributed by atoms with Crippen molar-refractivity contribution in [2.75, 3.05) is 13.1 Å². The number of hydrogen-bond acceptors (Lipinski definition) is 4. The lowest BCUT2D eigenvalue weighted by Gasteiger charge is -2.30. The van der Waals surface area contributed by atoms with Gasteiger partial charge in [0.05, 0.1) is 17.3 Å². The number of carboxylic acids is 1. The van der Waals surface area contributed by atoms with E-state index in [1.54, 1.807) is 16.5 Å². The minimum atomic E-state index is -0.854. The first-order chi connectivity index (χ1) is 11.5. The van der Waals surface area contributed by atoms with Gasteiger partial charge in [0.15, 0.2) is 5.69 Å². The molecule has 1 atom stereocenters. The van der Waals surface area contributed by atoms with Gasteiger partial charge in [-0.25, -0.2) is 4.68 Å². The molecule has 1 N–H and O–H groups in total. The van der Waals surface area contributed by atoms with Crippen molar-refractivity contribution in [1.29, 1.82) is 0 Å². The number of carboxylic acid groups (broad SMARTS) is 1. The van der Waals surface area contributed by atoms with Crippen LogP contribution < -0.4 is 0 Å². The van der Waals surface area contributed by atoms with Gasteiger partial charge in [-0.3, -0.25) is 9.59 Å². The third-order valence-electron chi connectivity index (χ3n) is 4.40. The van der Waals surface area contributed by atoms with Crippen LogP contribution in [0.15, 0.2) is 24.3 Å². The topological polar surface area (TPSA) is 88.3 Å². The molecule has 24 heavy (non-hydrogen) atoms. The number of hydrogen-bond donors (Lipinski definition) is 1. The molecule has 1 aromatic carbocycles. The maximum Gasteiger partial charge on any atom is 0.308 e. The normalized spacial score (nSPS) is 17.8. The van der Waals surface area contributed by atoms with E-state index in [-0.39, 0.29) is 18.1 Å². The fourth-order valence-electron chi connectivity index (χ4n) is 3.04. The summed E-state index contributed by atoms with van der Waals surface area (Å²) in [5.74, 6) is -1.61. The minimum absolute atomic E-state index is 0.227. The Balaban J connectivity index is 1.85. The van der Waals surface area contributed by atoms with E-state index in [9.17, 15) is 14.7 Å². The number of piperidine rings is 1. The summed E-state index contributed by atoms with van der Waals surface area (Å²) in [6, 6.07) is 7.79. The number of rotatable bonds is 3. The van der Waals surface area contributed by atoms with Crippen LogP contribution in [0.25, 0.3) is 5.69 Å². The van der Waals surface area contributed by atoms with E-state index in [0.717, 1.165) is 11.3 Å².